The average Bonchev–Trinajstić information content (AvgIpc) is 2.72. The van der Waals surface area contributed by atoms with Crippen molar-refractivity contribution in [2.45, 2.75) is 46.1 Å². The fraction of sp³-hybridized carbons (Fsp3) is 0.500. The predicted octanol–water partition coefficient (Wildman–Crippen LogP) is 2.73. The van der Waals surface area contributed by atoms with E-state index in [9.17, 15) is 9.90 Å². The van der Waals surface area contributed by atoms with Gasteiger partial charge in [0.05, 0.1) is 0 Å². The highest BCUT2D eigenvalue weighted by Crippen LogP contribution is 2.21. The number of rotatable bonds is 5. The van der Waals surface area contributed by atoms with Crippen molar-refractivity contribution in [1.29, 1.82) is 0 Å². The van der Waals surface area contributed by atoms with Crippen LogP contribution < -0.4 is 0 Å². The number of nitrogens with zero attached hydrogens (tertiary/aromatic N) is 3. The van der Waals surface area contributed by atoms with Crippen LogP contribution in [0.4, 0.5) is 0 Å². The molecule has 0 fully saturated rings. The smallest absolute Gasteiger partial charge is 0.326 e. The molecule has 1 N–H and O–H groups in total. The van der Waals surface area contributed by atoms with Gasteiger partial charge in [0.1, 0.15) is 17.4 Å². The SMILES string of the molecule is CCCCc1nc2cc(C)cnc2n1C(C)C(=O)O. The standard InChI is InChI=1S/C14H19N3O2/c1-4-5-6-12-16-11-7-9(2)8-15-13(11)17(12)10(3)14(18)19/h7-8,10H,4-6H2,1-3H3,(H,18,19). The number of pyridine rings is 1. The number of hydrogen-bond acceptors (Lipinski definition) is 3. The van der Waals surface area contributed by atoms with Crippen LogP contribution in [-0.4, -0.2) is 25.6 Å². The second kappa shape index (κ2) is 5.38. The van der Waals surface area contributed by atoms with Crippen molar-refractivity contribution in [2.75, 3.05) is 0 Å². The zero-order valence-electron chi connectivity index (χ0n) is 11.6. The molecule has 0 saturated heterocycles. The molecule has 0 aromatic carbocycles. The van der Waals surface area contributed by atoms with Crippen molar-refractivity contribution in [3.05, 3.63) is 23.7 Å². The molecule has 2 aromatic rings. The highest BCUT2D eigenvalue weighted by atomic mass is 16.4. The number of fused-ring (bicyclic) bond motifs is 1. The third-order valence-electron chi connectivity index (χ3n) is 3.24. The van der Waals surface area contributed by atoms with E-state index in [-0.39, 0.29) is 0 Å². The monoisotopic (exact) mass is 261 g/mol. The van der Waals surface area contributed by atoms with Crippen LogP contribution in [0, 0.1) is 6.92 Å². The van der Waals surface area contributed by atoms with E-state index in [4.69, 9.17) is 0 Å². The van der Waals surface area contributed by atoms with Crippen molar-refractivity contribution in [1.82, 2.24) is 14.5 Å². The quantitative estimate of drug-likeness (QED) is 0.898. The van der Waals surface area contributed by atoms with Crippen molar-refractivity contribution in [2.24, 2.45) is 0 Å². The zero-order valence-corrected chi connectivity index (χ0v) is 11.6. The van der Waals surface area contributed by atoms with E-state index in [0.717, 1.165) is 36.2 Å². The van der Waals surface area contributed by atoms with Crippen molar-refractivity contribution in [3.63, 3.8) is 0 Å². The van der Waals surface area contributed by atoms with Gasteiger partial charge >= 0.3 is 5.97 Å². The van der Waals surface area contributed by atoms with E-state index in [1.807, 2.05) is 13.0 Å². The number of imidazole rings is 1. The third-order valence-corrected chi connectivity index (χ3v) is 3.24. The molecule has 2 rings (SSSR count). The van der Waals surface area contributed by atoms with Gasteiger partial charge in [-0.25, -0.2) is 14.8 Å². The first-order valence-electron chi connectivity index (χ1n) is 6.60. The fourth-order valence-corrected chi connectivity index (χ4v) is 2.16. The molecule has 2 heterocycles. The lowest BCUT2D eigenvalue weighted by molar-refractivity contribution is -0.140. The average molecular weight is 261 g/mol. The third kappa shape index (κ3) is 2.59. The number of carboxylic acid groups (broad SMARTS) is 1. The molecule has 0 bridgehead atoms. The second-order valence-corrected chi connectivity index (χ2v) is 4.87. The Hall–Kier alpha value is -1.91. The lowest BCUT2D eigenvalue weighted by atomic mass is 10.2. The molecule has 5 nitrogen and oxygen atoms in total. The first-order valence-corrected chi connectivity index (χ1v) is 6.60. The van der Waals surface area contributed by atoms with Crippen molar-refractivity contribution in [3.8, 4) is 0 Å². The number of aliphatic carboxylic acids is 1. The minimum atomic E-state index is -0.862. The molecule has 0 saturated carbocycles. The number of carbonyl (C=O) groups is 1. The van der Waals surface area contributed by atoms with E-state index in [2.05, 4.69) is 16.9 Å². The zero-order chi connectivity index (χ0) is 14.0. The Morgan fingerprint density at radius 2 is 2.26 bits per heavy atom. The molecular formula is C14H19N3O2. The minimum Gasteiger partial charge on any atom is -0.480 e. The van der Waals surface area contributed by atoms with Gasteiger partial charge in [-0.1, -0.05) is 13.3 Å². The van der Waals surface area contributed by atoms with Crippen molar-refractivity contribution < 1.29 is 9.90 Å². The molecular weight excluding hydrogens is 242 g/mol. The van der Waals surface area contributed by atoms with Crippen molar-refractivity contribution >= 4 is 17.1 Å². The number of hydrogen-bond donors (Lipinski definition) is 1. The van der Waals surface area contributed by atoms with Gasteiger partial charge in [-0.2, -0.15) is 0 Å². The molecule has 1 unspecified atom stereocenters. The number of carboxylic acids is 1. The summed E-state index contributed by atoms with van der Waals surface area (Å²) in [6.45, 7) is 5.73. The lowest BCUT2D eigenvalue weighted by Crippen LogP contribution is -2.18. The van der Waals surface area contributed by atoms with Crippen LogP contribution in [0.1, 0.15) is 44.1 Å². The minimum absolute atomic E-state index is 0.646. The summed E-state index contributed by atoms with van der Waals surface area (Å²) in [5, 5.41) is 9.24. The highest BCUT2D eigenvalue weighted by molar-refractivity contribution is 5.77. The number of aryl methyl sites for hydroxylation is 2. The van der Waals surface area contributed by atoms with E-state index in [0.29, 0.717) is 5.65 Å². The maximum Gasteiger partial charge on any atom is 0.326 e. The van der Waals surface area contributed by atoms with Crippen LogP contribution in [-0.2, 0) is 11.2 Å². The fourth-order valence-electron chi connectivity index (χ4n) is 2.16. The Morgan fingerprint density at radius 3 is 2.89 bits per heavy atom. The van der Waals surface area contributed by atoms with Gasteiger partial charge in [-0.05, 0) is 31.9 Å². The summed E-state index contributed by atoms with van der Waals surface area (Å²) in [5.41, 5.74) is 2.47. The van der Waals surface area contributed by atoms with E-state index < -0.39 is 12.0 Å². The lowest BCUT2D eigenvalue weighted by Gasteiger charge is -2.12. The first kappa shape index (κ1) is 13.5. The Kier molecular flexibility index (Phi) is 3.83. The van der Waals surface area contributed by atoms with Gasteiger partial charge in [-0.3, -0.25) is 4.57 Å². The van der Waals surface area contributed by atoms with Gasteiger partial charge in [0.25, 0.3) is 0 Å². The molecule has 19 heavy (non-hydrogen) atoms. The molecule has 0 radical (unpaired) electrons. The molecule has 1 atom stereocenters. The van der Waals surface area contributed by atoms with Crippen LogP contribution in [0.25, 0.3) is 11.2 Å². The summed E-state index contributed by atoms with van der Waals surface area (Å²) in [4.78, 5) is 20.2. The topological polar surface area (TPSA) is 68.0 Å². The Morgan fingerprint density at radius 1 is 1.53 bits per heavy atom. The summed E-state index contributed by atoms with van der Waals surface area (Å²) < 4.78 is 1.74. The maximum atomic E-state index is 11.3. The Bertz CT molecular complexity index is 604. The molecule has 5 heteroatoms. The van der Waals surface area contributed by atoms with Crippen LogP contribution in [0.5, 0.6) is 0 Å². The molecule has 0 amide bonds. The van der Waals surface area contributed by atoms with Crippen LogP contribution in [0.2, 0.25) is 0 Å². The predicted molar refractivity (Wildman–Crippen MR) is 73.2 cm³/mol. The largest absolute Gasteiger partial charge is 0.480 e. The first-order chi connectivity index (χ1) is 9.04. The van der Waals surface area contributed by atoms with Gasteiger partial charge in [0.2, 0.25) is 0 Å². The van der Waals surface area contributed by atoms with Gasteiger partial charge in [-0.15, -0.1) is 0 Å². The molecule has 102 valence electrons. The summed E-state index contributed by atoms with van der Waals surface area (Å²) in [6.07, 6.45) is 4.58. The Balaban J connectivity index is 2.57. The molecule has 0 aliphatic carbocycles. The van der Waals surface area contributed by atoms with E-state index >= 15 is 0 Å². The molecule has 0 aliphatic rings. The van der Waals surface area contributed by atoms with Crippen LogP contribution >= 0.6 is 0 Å². The summed E-state index contributed by atoms with van der Waals surface area (Å²) in [5.74, 6) is -0.0516. The highest BCUT2D eigenvalue weighted by Gasteiger charge is 2.21. The summed E-state index contributed by atoms with van der Waals surface area (Å²) >= 11 is 0. The summed E-state index contributed by atoms with van der Waals surface area (Å²) in [7, 11) is 0. The summed E-state index contributed by atoms with van der Waals surface area (Å²) in [6, 6.07) is 1.30. The van der Waals surface area contributed by atoms with Gasteiger partial charge in [0.15, 0.2) is 5.65 Å². The Labute approximate surface area is 112 Å². The molecule has 0 aliphatic heterocycles. The normalized spacial score (nSPS) is 12.8. The van der Waals surface area contributed by atoms with Crippen LogP contribution in [0.3, 0.4) is 0 Å². The number of aromatic nitrogens is 3. The second-order valence-electron chi connectivity index (χ2n) is 4.87. The van der Waals surface area contributed by atoms with E-state index in [1.54, 1.807) is 17.7 Å². The molecule has 2 aromatic heterocycles. The van der Waals surface area contributed by atoms with E-state index in [1.165, 1.54) is 0 Å². The maximum absolute atomic E-state index is 11.3. The van der Waals surface area contributed by atoms with Gasteiger partial charge < -0.3 is 5.11 Å². The van der Waals surface area contributed by atoms with Crippen LogP contribution in [0.15, 0.2) is 12.3 Å². The molecule has 0 spiro atoms. The van der Waals surface area contributed by atoms with Gasteiger partial charge in [0, 0.05) is 12.6 Å². The number of unbranched alkanes of at least 4 members (excludes halogenated alkanes) is 1.